The van der Waals surface area contributed by atoms with Crippen molar-refractivity contribution in [1.29, 1.82) is 0 Å². The van der Waals surface area contributed by atoms with E-state index in [9.17, 15) is 9.59 Å². The molecule has 1 saturated heterocycles. The van der Waals surface area contributed by atoms with E-state index in [1.54, 1.807) is 23.4 Å². The summed E-state index contributed by atoms with van der Waals surface area (Å²) in [5.41, 5.74) is 1.93. The van der Waals surface area contributed by atoms with Crippen molar-refractivity contribution in [1.82, 2.24) is 20.2 Å². The molecule has 8 nitrogen and oxygen atoms in total. The minimum atomic E-state index is -0.606. The molecule has 1 N–H and O–H groups in total. The lowest BCUT2D eigenvalue weighted by molar-refractivity contribution is -0.146. The van der Waals surface area contributed by atoms with Crippen LogP contribution >= 0.6 is 0 Å². The van der Waals surface area contributed by atoms with Gasteiger partial charge in [-0.1, -0.05) is 17.7 Å². The molecule has 154 valence electrons. The van der Waals surface area contributed by atoms with Gasteiger partial charge in [0.2, 0.25) is 5.95 Å². The van der Waals surface area contributed by atoms with Crippen LogP contribution in [0.2, 0.25) is 0 Å². The predicted octanol–water partition coefficient (Wildman–Crippen LogP) is 1.71. The topological polar surface area (TPSA) is 87.7 Å². The van der Waals surface area contributed by atoms with Crippen molar-refractivity contribution < 1.29 is 14.3 Å². The Bertz CT molecular complexity index is 851. The molecule has 8 heteroatoms. The van der Waals surface area contributed by atoms with Crippen LogP contribution in [0.25, 0.3) is 0 Å². The van der Waals surface area contributed by atoms with E-state index in [0.29, 0.717) is 38.7 Å². The van der Waals surface area contributed by atoms with E-state index in [4.69, 9.17) is 4.74 Å². The summed E-state index contributed by atoms with van der Waals surface area (Å²) in [5.74, 6) is 0.234. The van der Waals surface area contributed by atoms with Crippen LogP contribution in [0.1, 0.15) is 31.0 Å². The maximum atomic E-state index is 12.6. The number of hydrogen-bond donors (Lipinski definition) is 1. The number of carbonyl (C=O) groups excluding carboxylic acids is 2. The lowest BCUT2D eigenvalue weighted by atomic mass is 10.0. The summed E-state index contributed by atoms with van der Waals surface area (Å²) in [6.45, 7) is 8.36. The van der Waals surface area contributed by atoms with E-state index < -0.39 is 11.8 Å². The number of amides is 2. The number of rotatable bonds is 5. The molecule has 1 aromatic heterocycles. The van der Waals surface area contributed by atoms with Crippen LogP contribution in [0.3, 0.4) is 0 Å². The van der Waals surface area contributed by atoms with Crippen LogP contribution in [0.4, 0.5) is 5.95 Å². The van der Waals surface area contributed by atoms with Gasteiger partial charge in [0, 0.05) is 44.1 Å². The number of piperazine rings is 1. The lowest BCUT2D eigenvalue weighted by Crippen LogP contribution is -2.53. The van der Waals surface area contributed by atoms with Crippen molar-refractivity contribution in [3.63, 3.8) is 0 Å². The smallest absolute Gasteiger partial charge is 0.312 e. The molecule has 1 aromatic carbocycles. The molecule has 3 rings (SSSR count). The maximum absolute atomic E-state index is 12.6. The predicted molar refractivity (Wildman–Crippen MR) is 110 cm³/mol. The number of carbonyl (C=O) groups is 2. The number of aryl methyl sites for hydroxylation is 1. The average Bonchev–Trinajstić information content (AvgIpc) is 2.75. The monoisotopic (exact) mass is 397 g/mol. The Morgan fingerprint density at radius 1 is 1.17 bits per heavy atom. The van der Waals surface area contributed by atoms with Crippen molar-refractivity contribution in [2.75, 3.05) is 37.7 Å². The van der Waals surface area contributed by atoms with Crippen molar-refractivity contribution in [2.24, 2.45) is 0 Å². The van der Waals surface area contributed by atoms with E-state index in [2.05, 4.69) is 15.3 Å². The highest BCUT2D eigenvalue weighted by Crippen LogP contribution is 2.26. The number of nitrogens with one attached hydrogen (secondary N) is 1. The number of aromatic nitrogens is 2. The molecule has 1 unspecified atom stereocenters. The molecule has 0 saturated carbocycles. The molecule has 29 heavy (non-hydrogen) atoms. The summed E-state index contributed by atoms with van der Waals surface area (Å²) in [4.78, 5) is 37.2. The molecule has 1 atom stereocenters. The second-order valence-corrected chi connectivity index (χ2v) is 7.00. The van der Waals surface area contributed by atoms with Crippen LogP contribution < -0.4 is 15.0 Å². The Morgan fingerprint density at radius 3 is 2.52 bits per heavy atom. The fraction of sp³-hybridized carbons (Fsp3) is 0.429. The van der Waals surface area contributed by atoms with Crippen LogP contribution in [-0.2, 0) is 9.59 Å². The van der Waals surface area contributed by atoms with Gasteiger partial charge < -0.3 is 19.9 Å². The van der Waals surface area contributed by atoms with Gasteiger partial charge in [-0.3, -0.25) is 9.59 Å². The fourth-order valence-corrected chi connectivity index (χ4v) is 3.34. The summed E-state index contributed by atoms with van der Waals surface area (Å²) in [6, 6.07) is 7.25. The number of ether oxygens (including phenoxy) is 1. The van der Waals surface area contributed by atoms with E-state index in [1.807, 2.05) is 43.9 Å². The number of nitrogens with zero attached hydrogens (tertiary/aromatic N) is 4. The van der Waals surface area contributed by atoms with Crippen LogP contribution in [0.15, 0.2) is 36.7 Å². The van der Waals surface area contributed by atoms with Crippen molar-refractivity contribution in [3.05, 3.63) is 47.8 Å². The van der Waals surface area contributed by atoms with Gasteiger partial charge in [0.15, 0.2) is 0 Å². The highest BCUT2D eigenvalue weighted by atomic mass is 16.5. The molecule has 2 heterocycles. The van der Waals surface area contributed by atoms with Gasteiger partial charge in [0.1, 0.15) is 5.75 Å². The number of hydrogen-bond acceptors (Lipinski definition) is 6. The van der Waals surface area contributed by atoms with Crippen LogP contribution in [-0.4, -0.2) is 59.5 Å². The third kappa shape index (κ3) is 5.01. The van der Waals surface area contributed by atoms with E-state index in [1.165, 1.54) is 0 Å². The van der Waals surface area contributed by atoms with Crippen LogP contribution in [0.5, 0.6) is 5.75 Å². The quantitative estimate of drug-likeness (QED) is 0.773. The lowest BCUT2D eigenvalue weighted by Gasteiger charge is -2.34. The van der Waals surface area contributed by atoms with Gasteiger partial charge in [0.25, 0.3) is 0 Å². The summed E-state index contributed by atoms with van der Waals surface area (Å²) in [6.07, 6.45) is 3.38. The summed E-state index contributed by atoms with van der Waals surface area (Å²) < 4.78 is 5.66. The average molecular weight is 397 g/mol. The van der Waals surface area contributed by atoms with Crippen molar-refractivity contribution in [3.8, 4) is 5.75 Å². The minimum Gasteiger partial charge on any atom is -0.494 e. The highest BCUT2D eigenvalue weighted by Gasteiger charge is 2.28. The maximum Gasteiger partial charge on any atom is 0.312 e. The van der Waals surface area contributed by atoms with Crippen molar-refractivity contribution in [2.45, 2.75) is 26.8 Å². The number of benzene rings is 1. The molecule has 0 radical (unpaired) electrons. The zero-order valence-electron chi connectivity index (χ0n) is 17.1. The SMILES string of the molecule is CCOc1ccc(C)cc1C(C)NC(=O)C(=O)N1CCN(c2ncccn2)CC1. The van der Waals surface area contributed by atoms with Gasteiger partial charge in [-0.15, -0.1) is 0 Å². The second kappa shape index (κ2) is 9.36. The third-order valence-corrected chi connectivity index (χ3v) is 4.88. The molecule has 2 amide bonds. The zero-order valence-corrected chi connectivity index (χ0v) is 17.1. The molecule has 0 bridgehead atoms. The Balaban J connectivity index is 1.58. The molecule has 0 spiro atoms. The summed E-state index contributed by atoms with van der Waals surface area (Å²) >= 11 is 0. The Labute approximate surface area is 170 Å². The van der Waals surface area contributed by atoms with Gasteiger partial charge in [-0.2, -0.15) is 0 Å². The van der Waals surface area contributed by atoms with E-state index in [-0.39, 0.29) is 6.04 Å². The van der Waals surface area contributed by atoms with Gasteiger partial charge in [-0.05, 0) is 32.9 Å². The second-order valence-electron chi connectivity index (χ2n) is 7.00. The first-order valence-electron chi connectivity index (χ1n) is 9.84. The Hall–Kier alpha value is -3.16. The standard InChI is InChI=1S/C21H27N5O3/c1-4-29-18-7-6-15(2)14-17(18)16(3)24-19(27)20(28)25-10-12-26(13-11-25)21-22-8-5-9-23-21/h5-9,14,16H,4,10-13H2,1-3H3,(H,24,27). The Morgan fingerprint density at radius 2 is 1.86 bits per heavy atom. The Kier molecular flexibility index (Phi) is 6.64. The zero-order chi connectivity index (χ0) is 20.8. The van der Waals surface area contributed by atoms with E-state index in [0.717, 1.165) is 16.9 Å². The third-order valence-electron chi connectivity index (χ3n) is 4.88. The fourth-order valence-electron chi connectivity index (χ4n) is 3.34. The minimum absolute atomic E-state index is 0.341. The first-order chi connectivity index (χ1) is 14.0. The first kappa shape index (κ1) is 20.6. The van der Waals surface area contributed by atoms with Gasteiger partial charge in [-0.25, -0.2) is 9.97 Å². The van der Waals surface area contributed by atoms with Gasteiger partial charge >= 0.3 is 11.8 Å². The molecule has 1 aliphatic rings. The van der Waals surface area contributed by atoms with Crippen LogP contribution in [0, 0.1) is 6.92 Å². The molecule has 2 aromatic rings. The van der Waals surface area contributed by atoms with Crippen molar-refractivity contribution >= 4 is 17.8 Å². The molecular weight excluding hydrogens is 370 g/mol. The number of anilines is 1. The summed E-state index contributed by atoms with van der Waals surface area (Å²) in [7, 11) is 0. The largest absolute Gasteiger partial charge is 0.494 e. The molecule has 0 aliphatic carbocycles. The highest BCUT2D eigenvalue weighted by molar-refractivity contribution is 6.35. The van der Waals surface area contributed by atoms with E-state index >= 15 is 0 Å². The molecule has 1 fully saturated rings. The molecule has 1 aliphatic heterocycles. The normalized spacial score (nSPS) is 15.0. The van der Waals surface area contributed by atoms with Gasteiger partial charge in [0.05, 0.1) is 12.6 Å². The molecular formula is C21H27N5O3. The first-order valence-corrected chi connectivity index (χ1v) is 9.84. The summed E-state index contributed by atoms with van der Waals surface area (Å²) in [5, 5.41) is 2.81.